The number of hydrogen-bond acceptors (Lipinski definition) is 7. The van der Waals surface area contributed by atoms with Crippen molar-refractivity contribution in [3.8, 4) is 22.5 Å². The van der Waals surface area contributed by atoms with Crippen LogP contribution in [-0.2, 0) is 0 Å². The number of hydrogen-bond donors (Lipinski definition) is 1. The third-order valence-electron chi connectivity index (χ3n) is 3.49. The van der Waals surface area contributed by atoms with Gasteiger partial charge in [-0.1, -0.05) is 0 Å². The third-order valence-corrected chi connectivity index (χ3v) is 3.49. The summed E-state index contributed by atoms with van der Waals surface area (Å²) < 4.78 is 0. The number of nitrogen functional groups attached to an aromatic ring is 1. The number of non-ortho nitro benzene ring substituents is 2. The average molecular weight is 337 g/mol. The molecule has 0 aliphatic heterocycles. The number of nitrogens with two attached hydrogens (primary N) is 1. The second kappa shape index (κ2) is 6.32. The highest BCUT2D eigenvalue weighted by Crippen LogP contribution is 2.27. The van der Waals surface area contributed by atoms with Crippen LogP contribution in [0.2, 0.25) is 0 Å². The summed E-state index contributed by atoms with van der Waals surface area (Å²) in [5, 5.41) is 21.5. The van der Waals surface area contributed by atoms with Crippen molar-refractivity contribution in [2.75, 3.05) is 5.73 Å². The lowest BCUT2D eigenvalue weighted by molar-refractivity contribution is -0.385. The minimum absolute atomic E-state index is 0.0265. The number of benzene rings is 2. The first-order valence-corrected chi connectivity index (χ1v) is 7.08. The van der Waals surface area contributed by atoms with Gasteiger partial charge in [-0.15, -0.1) is 0 Å². The van der Waals surface area contributed by atoms with Crippen LogP contribution in [0.3, 0.4) is 0 Å². The molecular formula is C16H11N5O4. The van der Waals surface area contributed by atoms with Gasteiger partial charge >= 0.3 is 0 Å². The van der Waals surface area contributed by atoms with Crippen LogP contribution in [0.25, 0.3) is 22.5 Å². The Morgan fingerprint density at radius 3 is 1.40 bits per heavy atom. The second-order valence-corrected chi connectivity index (χ2v) is 5.10. The smallest absolute Gasteiger partial charge is 0.269 e. The molecule has 0 unspecified atom stereocenters. The van der Waals surface area contributed by atoms with E-state index in [0.29, 0.717) is 22.5 Å². The molecule has 25 heavy (non-hydrogen) atoms. The molecule has 0 saturated carbocycles. The van der Waals surface area contributed by atoms with Gasteiger partial charge in [0.1, 0.15) is 0 Å². The molecule has 0 fully saturated rings. The fourth-order valence-electron chi connectivity index (χ4n) is 2.27. The predicted octanol–water partition coefficient (Wildman–Crippen LogP) is 3.21. The minimum Gasteiger partial charge on any atom is -0.368 e. The molecule has 0 radical (unpaired) electrons. The third kappa shape index (κ3) is 3.39. The van der Waals surface area contributed by atoms with E-state index in [1.807, 2.05) is 0 Å². The molecule has 0 bridgehead atoms. The normalized spacial score (nSPS) is 10.4. The maximum absolute atomic E-state index is 10.7. The fraction of sp³-hybridized carbons (Fsp3) is 0. The molecule has 3 aromatic rings. The van der Waals surface area contributed by atoms with Gasteiger partial charge in [-0.05, 0) is 30.3 Å². The number of nitro groups is 2. The maximum Gasteiger partial charge on any atom is 0.269 e. The molecule has 2 N–H and O–H groups in total. The van der Waals surface area contributed by atoms with Crippen molar-refractivity contribution in [1.82, 2.24) is 9.97 Å². The van der Waals surface area contributed by atoms with Crippen LogP contribution in [-0.4, -0.2) is 19.8 Å². The van der Waals surface area contributed by atoms with Gasteiger partial charge in [0.2, 0.25) is 5.95 Å². The van der Waals surface area contributed by atoms with E-state index in [9.17, 15) is 20.2 Å². The van der Waals surface area contributed by atoms with E-state index >= 15 is 0 Å². The van der Waals surface area contributed by atoms with Crippen LogP contribution in [0, 0.1) is 20.2 Å². The number of nitrogens with zero attached hydrogens (tertiary/aromatic N) is 4. The van der Waals surface area contributed by atoms with E-state index in [-0.39, 0.29) is 17.3 Å². The lowest BCUT2D eigenvalue weighted by atomic mass is 10.1. The highest BCUT2D eigenvalue weighted by Gasteiger charge is 2.11. The lowest BCUT2D eigenvalue weighted by Gasteiger charge is -2.06. The summed E-state index contributed by atoms with van der Waals surface area (Å²) in [4.78, 5) is 28.8. The Bertz CT molecular complexity index is 880. The maximum atomic E-state index is 10.7. The van der Waals surface area contributed by atoms with E-state index in [4.69, 9.17) is 5.73 Å². The first-order valence-electron chi connectivity index (χ1n) is 7.08. The van der Waals surface area contributed by atoms with Crippen molar-refractivity contribution < 1.29 is 9.85 Å². The Kier molecular flexibility index (Phi) is 4.04. The first kappa shape index (κ1) is 16.0. The number of nitro benzene ring substituents is 2. The van der Waals surface area contributed by atoms with Gasteiger partial charge in [0.15, 0.2) is 0 Å². The monoisotopic (exact) mass is 337 g/mol. The summed E-state index contributed by atoms with van der Waals surface area (Å²) in [6, 6.07) is 13.4. The van der Waals surface area contributed by atoms with Gasteiger partial charge in [-0.25, -0.2) is 9.97 Å². The zero-order valence-electron chi connectivity index (χ0n) is 12.7. The summed E-state index contributed by atoms with van der Waals surface area (Å²) in [7, 11) is 0. The van der Waals surface area contributed by atoms with Crippen molar-refractivity contribution in [2.24, 2.45) is 0 Å². The van der Waals surface area contributed by atoms with Crippen molar-refractivity contribution in [2.45, 2.75) is 0 Å². The number of anilines is 1. The molecule has 0 saturated heterocycles. The van der Waals surface area contributed by atoms with Crippen molar-refractivity contribution in [3.05, 3.63) is 74.8 Å². The molecule has 1 aromatic heterocycles. The van der Waals surface area contributed by atoms with E-state index in [1.165, 1.54) is 24.3 Å². The van der Waals surface area contributed by atoms with Crippen LogP contribution < -0.4 is 5.73 Å². The minimum atomic E-state index is -0.486. The quantitative estimate of drug-likeness (QED) is 0.569. The summed E-state index contributed by atoms with van der Waals surface area (Å²) >= 11 is 0. The number of rotatable bonds is 4. The predicted molar refractivity (Wildman–Crippen MR) is 90.6 cm³/mol. The van der Waals surface area contributed by atoms with Crippen molar-refractivity contribution in [3.63, 3.8) is 0 Å². The Labute approximate surface area is 141 Å². The van der Waals surface area contributed by atoms with Gasteiger partial charge in [-0.3, -0.25) is 20.2 Å². The van der Waals surface area contributed by atoms with Crippen LogP contribution in [0.4, 0.5) is 17.3 Å². The molecule has 0 spiro atoms. The van der Waals surface area contributed by atoms with Gasteiger partial charge in [-0.2, -0.15) is 0 Å². The van der Waals surface area contributed by atoms with Crippen molar-refractivity contribution >= 4 is 17.3 Å². The highest BCUT2D eigenvalue weighted by atomic mass is 16.6. The largest absolute Gasteiger partial charge is 0.368 e. The summed E-state index contributed by atoms with van der Waals surface area (Å²) in [5.74, 6) is 0.0317. The van der Waals surface area contributed by atoms with Crippen LogP contribution in [0.15, 0.2) is 54.6 Å². The molecule has 0 aliphatic carbocycles. The Morgan fingerprint density at radius 1 is 0.720 bits per heavy atom. The SMILES string of the molecule is Nc1nc(-c2ccc([N+](=O)[O-])cc2)cc(-c2ccc([N+](=O)[O-])cc2)n1. The Morgan fingerprint density at radius 2 is 1.08 bits per heavy atom. The van der Waals surface area contributed by atoms with Gasteiger partial charge < -0.3 is 5.73 Å². The molecule has 1 heterocycles. The van der Waals surface area contributed by atoms with E-state index < -0.39 is 9.85 Å². The molecule has 3 rings (SSSR count). The fourth-order valence-corrected chi connectivity index (χ4v) is 2.27. The van der Waals surface area contributed by atoms with E-state index in [2.05, 4.69) is 9.97 Å². The Hall–Kier alpha value is -3.88. The van der Waals surface area contributed by atoms with Crippen LogP contribution >= 0.6 is 0 Å². The molecule has 9 heteroatoms. The van der Waals surface area contributed by atoms with E-state index in [0.717, 1.165) is 0 Å². The topological polar surface area (TPSA) is 138 Å². The lowest BCUT2D eigenvalue weighted by Crippen LogP contribution is -1.99. The average Bonchev–Trinajstić information content (AvgIpc) is 2.61. The van der Waals surface area contributed by atoms with E-state index in [1.54, 1.807) is 30.3 Å². The Balaban J connectivity index is 2.00. The molecule has 0 atom stereocenters. The zero-order chi connectivity index (χ0) is 18.0. The molecular weight excluding hydrogens is 326 g/mol. The summed E-state index contributed by atoms with van der Waals surface area (Å²) in [6.45, 7) is 0. The molecule has 2 aromatic carbocycles. The first-order chi connectivity index (χ1) is 11.9. The molecule has 0 amide bonds. The van der Waals surface area contributed by atoms with Crippen LogP contribution in [0.5, 0.6) is 0 Å². The zero-order valence-corrected chi connectivity index (χ0v) is 12.7. The second-order valence-electron chi connectivity index (χ2n) is 5.10. The molecule has 124 valence electrons. The standard InChI is InChI=1S/C16H11N5O4/c17-16-18-14(10-1-5-12(6-2-10)20(22)23)9-15(19-16)11-3-7-13(8-4-11)21(24)25/h1-9H,(H2,17,18,19). The highest BCUT2D eigenvalue weighted by molar-refractivity contribution is 5.70. The molecule has 0 aliphatic rings. The summed E-state index contributed by atoms with van der Waals surface area (Å²) in [5.41, 5.74) is 7.97. The van der Waals surface area contributed by atoms with Gasteiger partial charge in [0, 0.05) is 35.4 Å². The summed E-state index contributed by atoms with van der Waals surface area (Å²) in [6.07, 6.45) is 0. The number of aromatic nitrogens is 2. The molecule has 9 nitrogen and oxygen atoms in total. The van der Waals surface area contributed by atoms with Crippen molar-refractivity contribution in [1.29, 1.82) is 0 Å². The van der Waals surface area contributed by atoms with Gasteiger partial charge in [0.25, 0.3) is 11.4 Å². The van der Waals surface area contributed by atoms with Gasteiger partial charge in [0.05, 0.1) is 21.2 Å². The van der Waals surface area contributed by atoms with Crippen LogP contribution in [0.1, 0.15) is 0 Å².